The lowest BCUT2D eigenvalue weighted by atomic mass is 10.1. The highest BCUT2D eigenvalue weighted by Crippen LogP contribution is 2.22. The standard InChI is InChI=1S/C26H31N7O2/c1-26(2,3)33-11-9-20(16-33)31-25(35)22-23(27)29-15-21(32-22)18-7-4-8-19(12-18)24(34)30-14-17-6-5-10-28-13-17/h4-8,10,12-13,15,20H,9,11,14,16H2,1-3H3,(H2,27,29)(H,30,34)(H,31,35)/t20-/m0/s1. The maximum Gasteiger partial charge on any atom is 0.274 e. The molecule has 1 aromatic carbocycles. The minimum Gasteiger partial charge on any atom is -0.382 e. The van der Waals surface area contributed by atoms with E-state index in [1.807, 2.05) is 18.2 Å². The van der Waals surface area contributed by atoms with Gasteiger partial charge in [-0.2, -0.15) is 0 Å². The third kappa shape index (κ3) is 5.99. The summed E-state index contributed by atoms with van der Waals surface area (Å²) in [4.78, 5) is 40.7. The van der Waals surface area contributed by atoms with E-state index in [2.05, 4.69) is 51.3 Å². The van der Waals surface area contributed by atoms with Crippen LogP contribution in [0.4, 0.5) is 5.82 Å². The zero-order valence-electron chi connectivity index (χ0n) is 20.3. The van der Waals surface area contributed by atoms with Crippen molar-refractivity contribution in [2.45, 2.75) is 45.3 Å². The Morgan fingerprint density at radius 2 is 1.97 bits per heavy atom. The molecule has 1 fully saturated rings. The predicted octanol–water partition coefficient (Wildman–Crippen LogP) is 2.65. The SMILES string of the molecule is CC(C)(C)N1CC[C@H](NC(=O)c2nc(-c3cccc(C(=O)NCc4cccnc4)c3)cnc2N)C1. The zero-order chi connectivity index (χ0) is 25.0. The van der Waals surface area contributed by atoms with Gasteiger partial charge in [-0.1, -0.05) is 18.2 Å². The van der Waals surface area contributed by atoms with Crippen molar-refractivity contribution in [2.24, 2.45) is 0 Å². The molecule has 0 radical (unpaired) electrons. The summed E-state index contributed by atoms with van der Waals surface area (Å²) in [5, 5.41) is 5.93. The Kier molecular flexibility index (Phi) is 7.07. The van der Waals surface area contributed by atoms with Crippen molar-refractivity contribution in [1.29, 1.82) is 0 Å². The zero-order valence-corrected chi connectivity index (χ0v) is 20.3. The number of carbonyl (C=O) groups is 2. The quantitative estimate of drug-likeness (QED) is 0.502. The van der Waals surface area contributed by atoms with E-state index in [-0.39, 0.29) is 34.9 Å². The number of amides is 2. The molecule has 4 rings (SSSR count). The van der Waals surface area contributed by atoms with Gasteiger partial charge in [0.25, 0.3) is 11.8 Å². The van der Waals surface area contributed by atoms with E-state index in [1.165, 1.54) is 6.20 Å². The summed E-state index contributed by atoms with van der Waals surface area (Å²) in [5.74, 6) is -0.494. The summed E-state index contributed by atoms with van der Waals surface area (Å²) in [6, 6.07) is 10.8. The van der Waals surface area contributed by atoms with Crippen LogP contribution in [-0.4, -0.2) is 56.3 Å². The molecular weight excluding hydrogens is 442 g/mol. The Balaban J connectivity index is 1.46. The van der Waals surface area contributed by atoms with Gasteiger partial charge in [0, 0.05) is 54.7 Å². The van der Waals surface area contributed by atoms with E-state index in [0.29, 0.717) is 23.4 Å². The van der Waals surface area contributed by atoms with Gasteiger partial charge in [-0.15, -0.1) is 0 Å². The second-order valence-electron chi connectivity index (χ2n) is 9.69. The van der Waals surface area contributed by atoms with Crippen LogP contribution in [0, 0.1) is 0 Å². The van der Waals surface area contributed by atoms with Crippen molar-refractivity contribution >= 4 is 17.6 Å². The molecule has 0 aliphatic carbocycles. The summed E-state index contributed by atoms with van der Waals surface area (Å²) >= 11 is 0. The Hall–Kier alpha value is -3.85. The average Bonchev–Trinajstić information content (AvgIpc) is 3.32. The maximum atomic E-state index is 13.0. The highest BCUT2D eigenvalue weighted by molar-refractivity contribution is 5.97. The molecule has 1 aliphatic rings. The minimum absolute atomic E-state index is 0.0263. The lowest BCUT2D eigenvalue weighted by Crippen LogP contribution is -2.43. The molecular formula is C26H31N7O2. The van der Waals surface area contributed by atoms with Crippen LogP contribution in [0.15, 0.2) is 55.0 Å². The summed E-state index contributed by atoms with van der Waals surface area (Å²) < 4.78 is 0. The predicted molar refractivity (Wildman–Crippen MR) is 134 cm³/mol. The van der Waals surface area contributed by atoms with Crippen LogP contribution in [0.25, 0.3) is 11.3 Å². The number of aromatic nitrogens is 3. The number of nitrogens with one attached hydrogen (secondary N) is 2. The number of nitrogens with two attached hydrogens (primary N) is 1. The van der Waals surface area contributed by atoms with Gasteiger partial charge in [-0.3, -0.25) is 19.5 Å². The van der Waals surface area contributed by atoms with Crippen LogP contribution in [0.3, 0.4) is 0 Å². The highest BCUT2D eigenvalue weighted by atomic mass is 16.2. The number of carbonyl (C=O) groups excluding carboxylic acids is 2. The molecule has 182 valence electrons. The molecule has 3 heterocycles. The molecule has 3 aromatic rings. The van der Waals surface area contributed by atoms with Gasteiger partial charge < -0.3 is 16.4 Å². The van der Waals surface area contributed by atoms with Gasteiger partial charge in [-0.25, -0.2) is 9.97 Å². The van der Waals surface area contributed by atoms with Crippen LogP contribution in [0.5, 0.6) is 0 Å². The normalized spacial score (nSPS) is 16.1. The van der Waals surface area contributed by atoms with Gasteiger partial charge in [0.2, 0.25) is 0 Å². The van der Waals surface area contributed by atoms with Gasteiger partial charge in [0.15, 0.2) is 11.5 Å². The fourth-order valence-electron chi connectivity index (χ4n) is 4.05. The van der Waals surface area contributed by atoms with Gasteiger partial charge >= 0.3 is 0 Å². The van der Waals surface area contributed by atoms with Gasteiger partial charge in [-0.05, 0) is 51.0 Å². The van der Waals surface area contributed by atoms with E-state index in [0.717, 1.165) is 25.1 Å². The first-order valence-electron chi connectivity index (χ1n) is 11.7. The van der Waals surface area contributed by atoms with Gasteiger partial charge in [0.1, 0.15) is 0 Å². The summed E-state index contributed by atoms with van der Waals surface area (Å²) in [6.07, 6.45) is 5.77. The van der Waals surface area contributed by atoms with Crippen molar-refractivity contribution < 1.29 is 9.59 Å². The van der Waals surface area contributed by atoms with Crippen molar-refractivity contribution in [2.75, 3.05) is 18.8 Å². The van der Waals surface area contributed by atoms with E-state index >= 15 is 0 Å². The van der Waals surface area contributed by atoms with Crippen LogP contribution >= 0.6 is 0 Å². The van der Waals surface area contributed by atoms with Gasteiger partial charge in [0.05, 0.1) is 11.9 Å². The second kappa shape index (κ2) is 10.2. The molecule has 0 saturated carbocycles. The van der Waals surface area contributed by atoms with Crippen molar-refractivity contribution in [3.05, 3.63) is 71.8 Å². The first kappa shape index (κ1) is 24.3. The van der Waals surface area contributed by atoms with Crippen LogP contribution in [-0.2, 0) is 6.54 Å². The molecule has 35 heavy (non-hydrogen) atoms. The lowest BCUT2D eigenvalue weighted by Gasteiger charge is -2.31. The monoisotopic (exact) mass is 473 g/mol. The molecule has 2 aromatic heterocycles. The maximum absolute atomic E-state index is 13.0. The number of pyridine rings is 1. The van der Waals surface area contributed by atoms with E-state index in [4.69, 9.17) is 5.73 Å². The number of anilines is 1. The Labute approximate surface area is 205 Å². The molecule has 9 nitrogen and oxygen atoms in total. The third-order valence-electron chi connectivity index (χ3n) is 6.08. The lowest BCUT2D eigenvalue weighted by molar-refractivity contribution is 0.0925. The smallest absolute Gasteiger partial charge is 0.274 e. The molecule has 0 unspecified atom stereocenters. The van der Waals surface area contributed by atoms with Crippen LogP contribution < -0.4 is 16.4 Å². The second-order valence-corrected chi connectivity index (χ2v) is 9.69. The van der Waals surface area contributed by atoms with Crippen molar-refractivity contribution in [3.63, 3.8) is 0 Å². The molecule has 4 N–H and O–H groups in total. The number of nitrogens with zero attached hydrogens (tertiary/aromatic N) is 4. The Morgan fingerprint density at radius 1 is 1.14 bits per heavy atom. The molecule has 9 heteroatoms. The highest BCUT2D eigenvalue weighted by Gasteiger charge is 2.31. The fourth-order valence-corrected chi connectivity index (χ4v) is 4.05. The summed E-state index contributed by atoms with van der Waals surface area (Å²) in [6.45, 7) is 8.56. The topological polar surface area (TPSA) is 126 Å². The largest absolute Gasteiger partial charge is 0.382 e. The Bertz CT molecular complexity index is 1210. The summed E-state index contributed by atoms with van der Waals surface area (Å²) in [7, 11) is 0. The molecule has 2 amide bonds. The van der Waals surface area contributed by atoms with Crippen molar-refractivity contribution in [3.8, 4) is 11.3 Å². The molecule has 1 aliphatic heterocycles. The molecule has 1 atom stereocenters. The van der Waals surface area contributed by atoms with Crippen LogP contribution in [0.1, 0.15) is 53.6 Å². The molecule has 0 bridgehead atoms. The number of rotatable bonds is 6. The Morgan fingerprint density at radius 3 is 2.69 bits per heavy atom. The fraction of sp³-hybridized carbons (Fsp3) is 0.346. The average molecular weight is 474 g/mol. The number of hydrogen-bond acceptors (Lipinski definition) is 7. The van der Waals surface area contributed by atoms with E-state index in [1.54, 1.807) is 30.6 Å². The number of benzene rings is 1. The minimum atomic E-state index is -0.344. The number of hydrogen-bond donors (Lipinski definition) is 3. The first-order valence-corrected chi connectivity index (χ1v) is 11.7. The van der Waals surface area contributed by atoms with Crippen molar-refractivity contribution in [1.82, 2.24) is 30.5 Å². The molecule has 1 saturated heterocycles. The van der Waals surface area contributed by atoms with E-state index in [9.17, 15) is 9.59 Å². The number of likely N-dealkylation sites (tertiary alicyclic amines) is 1. The first-order chi connectivity index (χ1) is 16.7. The molecule has 0 spiro atoms. The number of nitrogen functional groups attached to an aromatic ring is 1. The van der Waals surface area contributed by atoms with E-state index < -0.39 is 0 Å². The van der Waals surface area contributed by atoms with Crippen LogP contribution in [0.2, 0.25) is 0 Å². The third-order valence-corrected chi connectivity index (χ3v) is 6.08. The summed E-state index contributed by atoms with van der Waals surface area (Å²) in [5.41, 5.74) is 8.65.